The van der Waals surface area contributed by atoms with Gasteiger partial charge in [0.15, 0.2) is 0 Å². The van der Waals surface area contributed by atoms with Crippen LogP contribution in [0.4, 0.5) is 0 Å². The summed E-state index contributed by atoms with van der Waals surface area (Å²) < 4.78 is 5.45. The Morgan fingerprint density at radius 3 is 2.35 bits per heavy atom. The van der Waals surface area contributed by atoms with Gasteiger partial charge in [-0.15, -0.1) is 0 Å². The second kappa shape index (κ2) is 7.67. The average Bonchev–Trinajstić information content (AvgIpc) is 2.15. The van der Waals surface area contributed by atoms with E-state index in [4.69, 9.17) is 4.74 Å². The molecule has 0 aliphatic heterocycles. The predicted molar refractivity (Wildman–Crippen MR) is 69.2 cm³/mol. The first-order chi connectivity index (χ1) is 7.78. The van der Waals surface area contributed by atoms with E-state index in [2.05, 4.69) is 19.2 Å². The molecule has 0 saturated carbocycles. The summed E-state index contributed by atoms with van der Waals surface area (Å²) in [7, 11) is 0. The van der Waals surface area contributed by atoms with Gasteiger partial charge in [-0.25, -0.2) is 0 Å². The molecule has 4 heteroatoms. The second-order valence-corrected chi connectivity index (χ2v) is 5.51. The van der Waals surface area contributed by atoms with Crippen LogP contribution in [0.1, 0.15) is 47.5 Å². The van der Waals surface area contributed by atoms with Crippen LogP contribution in [-0.2, 0) is 9.53 Å². The van der Waals surface area contributed by atoms with Crippen molar-refractivity contribution in [2.24, 2.45) is 5.92 Å². The van der Waals surface area contributed by atoms with Crippen molar-refractivity contribution in [1.29, 1.82) is 0 Å². The van der Waals surface area contributed by atoms with Crippen molar-refractivity contribution in [2.45, 2.75) is 59.0 Å². The topological polar surface area (TPSA) is 58.6 Å². The number of nitrogens with one attached hydrogen (secondary N) is 1. The zero-order chi connectivity index (χ0) is 13.5. The highest BCUT2D eigenvalue weighted by Crippen LogP contribution is 2.14. The Balaban J connectivity index is 3.97. The van der Waals surface area contributed by atoms with Gasteiger partial charge < -0.3 is 9.84 Å². The fourth-order valence-corrected chi connectivity index (χ4v) is 1.72. The van der Waals surface area contributed by atoms with Gasteiger partial charge in [0.05, 0.1) is 0 Å². The zero-order valence-corrected chi connectivity index (χ0v) is 11.7. The lowest BCUT2D eigenvalue weighted by Gasteiger charge is -2.28. The monoisotopic (exact) mass is 245 g/mol. The van der Waals surface area contributed by atoms with Crippen LogP contribution in [0.15, 0.2) is 0 Å². The number of carboxylic acids is 1. The van der Waals surface area contributed by atoms with Gasteiger partial charge in [0.2, 0.25) is 0 Å². The highest BCUT2D eigenvalue weighted by atomic mass is 16.5. The van der Waals surface area contributed by atoms with Crippen molar-refractivity contribution in [3.8, 4) is 0 Å². The summed E-state index contributed by atoms with van der Waals surface area (Å²) in [6, 6.07) is 0.160. The smallest absolute Gasteiger partial charge is 0.323 e. The molecule has 0 fully saturated rings. The Labute approximate surface area is 105 Å². The average molecular weight is 245 g/mol. The van der Waals surface area contributed by atoms with Crippen LogP contribution >= 0.6 is 0 Å². The molecule has 0 bridgehead atoms. The maximum atomic E-state index is 11.2. The van der Waals surface area contributed by atoms with Gasteiger partial charge in [-0.2, -0.15) is 0 Å². The lowest BCUT2D eigenvalue weighted by Crippen LogP contribution is -2.52. The molecule has 1 unspecified atom stereocenters. The van der Waals surface area contributed by atoms with E-state index in [1.807, 2.05) is 13.8 Å². The quantitative estimate of drug-likeness (QED) is 0.612. The van der Waals surface area contributed by atoms with Crippen molar-refractivity contribution in [1.82, 2.24) is 5.32 Å². The third-order valence-electron chi connectivity index (χ3n) is 2.50. The van der Waals surface area contributed by atoms with E-state index in [1.165, 1.54) is 0 Å². The van der Waals surface area contributed by atoms with Crippen LogP contribution in [-0.4, -0.2) is 35.9 Å². The summed E-state index contributed by atoms with van der Waals surface area (Å²) in [5.41, 5.74) is -0.852. The summed E-state index contributed by atoms with van der Waals surface area (Å²) in [6.07, 6.45) is 1.34. The molecule has 0 rings (SSSR count). The lowest BCUT2D eigenvalue weighted by atomic mass is 9.95. The number of hydrogen-bond acceptors (Lipinski definition) is 3. The maximum absolute atomic E-state index is 11.2. The molecule has 0 aromatic heterocycles. The number of rotatable bonds is 9. The zero-order valence-electron chi connectivity index (χ0n) is 11.7. The Hall–Kier alpha value is -0.610. The molecule has 2 N–H and O–H groups in total. The van der Waals surface area contributed by atoms with Gasteiger partial charge in [0.25, 0.3) is 0 Å². The highest BCUT2D eigenvalue weighted by molar-refractivity contribution is 5.78. The predicted octanol–water partition coefficient (Wildman–Crippen LogP) is 2.28. The highest BCUT2D eigenvalue weighted by Gasteiger charge is 2.32. The molecular formula is C13H27NO3. The van der Waals surface area contributed by atoms with Gasteiger partial charge >= 0.3 is 5.97 Å². The van der Waals surface area contributed by atoms with Crippen molar-refractivity contribution >= 4 is 5.97 Å². The summed E-state index contributed by atoms with van der Waals surface area (Å²) in [6.45, 7) is 11.2. The van der Waals surface area contributed by atoms with E-state index in [1.54, 1.807) is 6.92 Å². The molecule has 0 heterocycles. The third kappa shape index (κ3) is 7.34. The fourth-order valence-electron chi connectivity index (χ4n) is 1.72. The molecule has 0 aromatic carbocycles. The van der Waals surface area contributed by atoms with Crippen LogP contribution in [0, 0.1) is 5.92 Å². The van der Waals surface area contributed by atoms with Crippen LogP contribution < -0.4 is 5.32 Å². The van der Waals surface area contributed by atoms with Crippen molar-refractivity contribution in [3.05, 3.63) is 0 Å². The molecule has 102 valence electrons. The van der Waals surface area contributed by atoms with Crippen molar-refractivity contribution in [2.75, 3.05) is 13.2 Å². The van der Waals surface area contributed by atoms with Gasteiger partial charge in [-0.3, -0.25) is 10.1 Å². The van der Waals surface area contributed by atoms with Crippen LogP contribution in [0.5, 0.6) is 0 Å². The normalized spacial score (nSPS) is 15.2. The van der Waals surface area contributed by atoms with E-state index in [9.17, 15) is 9.90 Å². The molecule has 4 nitrogen and oxygen atoms in total. The molecular weight excluding hydrogens is 218 g/mol. The minimum absolute atomic E-state index is 0.160. The van der Waals surface area contributed by atoms with Crippen molar-refractivity contribution < 1.29 is 14.6 Å². The molecule has 0 spiro atoms. The number of hydrogen-bond donors (Lipinski definition) is 2. The Morgan fingerprint density at radius 2 is 1.94 bits per heavy atom. The molecule has 17 heavy (non-hydrogen) atoms. The number of aliphatic carboxylic acids is 1. The first-order valence-corrected chi connectivity index (χ1v) is 6.36. The Bertz CT molecular complexity index is 229. The first-order valence-electron chi connectivity index (χ1n) is 6.36. The summed E-state index contributed by atoms with van der Waals surface area (Å²) in [5, 5.41) is 12.3. The molecule has 0 aromatic rings. The molecule has 0 saturated heterocycles. The Morgan fingerprint density at radius 1 is 1.35 bits per heavy atom. The van der Waals surface area contributed by atoms with Gasteiger partial charge in [0.1, 0.15) is 5.54 Å². The fraction of sp³-hybridized carbons (Fsp3) is 0.923. The second-order valence-electron chi connectivity index (χ2n) is 5.51. The van der Waals surface area contributed by atoms with E-state index in [-0.39, 0.29) is 6.04 Å². The molecule has 0 aliphatic carbocycles. The third-order valence-corrected chi connectivity index (χ3v) is 2.50. The van der Waals surface area contributed by atoms with E-state index < -0.39 is 11.5 Å². The lowest BCUT2D eigenvalue weighted by molar-refractivity contribution is -0.145. The maximum Gasteiger partial charge on any atom is 0.323 e. The molecule has 0 amide bonds. The van der Waals surface area contributed by atoms with Crippen molar-refractivity contribution in [3.63, 3.8) is 0 Å². The minimum Gasteiger partial charge on any atom is -0.480 e. The van der Waals surface area contributed by atoms with Gasteiger partial charge in [-0.1, -0.05) is 13.8 Å². The number of ether oxygens (including phenoxy) is 1. The van der Waals surface area contributed by atoms with Gasteiger partial charge in [0, 0.05) is 19.3 Å². The number of carbonyl (C=O) groups is 1. The van der Waals surface area contributed by atoms with Gasteiger partial charge in [-0.05, 0) is 39.5 Å². The summed E-state index contributed by atoms with van der Waals surface area (Å²) >= 11 is 0. The standard InChI is InChI=1S/C13H27NO3/c1-10(2)9-17-8-6-7-13(5,12(15)16)14-11(3)4/h10-11,14H,6-9H2,1-5H3,(H,15,16). The van der Waals surface area contributed by atoms with Crippen LogP contribution in [0.3, 0.4) is 0 Å². The molecule has 1 atom stereocenters. The van der Waals surface area contributed by atoms with E-state index in [0.717, 1.165) is 13.0 Å². The van der Waals surface area contributed by atoms with E-state index in [0.29, 0.717) is 18.9 Å². The molecule has 0 aliphatic rings. The molecule has 0 radical (unpaired) electrons. The number of carboxylic acid groups (broad SMARTS) is 1. The summed E-state index contributed by atoms with van der Waals surface area (Å²) in [5.74, 6) is -0.273. The minimum atomic E-state index is -0.852. The van der Waals surface area contributed by atoms with Crippen LogP contribution in [0.2, 0.25) is 0 Å². The Kier molecular flexibility index (Phi) is 7.39. The first kappa shape index (κ1) is 16.4. The summed E-state index contributed by atoms with van der Waals surface area (Å²) in [4.78, 5) is 11.2. The van der Waals surface area contributed by atoms with Crippen LogP contribution in [0.25, 0.3) is 0 Å². The largest absolute Gasteiger partial charge is 0.480 e. The SMILES string of the molecule is CC(C)COCCCC(C)(NC(C)C)C(=O)O. The van der Waals surface area contributed by atoms with E-state index >= 15 is 0 Å².